The van der Waals surface area contributed by atoms with Crippen molar-refractivity contribution < 1.29 is 37.6 Å². The zero-order chi connectivity index (χ0) is 27.0. The Balaban J connectivity index is 1.41. The van der Waals surface area contributed by atoms with Gasteiger partial charge in [-0.1, -0.05) is 22.0 Å². The summed E-state index contributed by atoms with van der Waals surface area (Å²) in [6.07, 6.45) is -1.49. The Hall–Kier alpha value is -2.62. The molecule has 38 heavy (non-hydrogen) atoms. The van der Waals surface area contributed by atoms with Gasteiger partial charge in [-0.05, 0) is 18.6 Å². The molecule has 0 amide bonds. The van der Waals surface area contributed by atoms with E-state index in [0.29, 0.717) is 18.7 Å². The van der Waals surface area contributed by atoms with E-state index >= 15 is 0 Å². The summed E-state index contributed by atoms with van der Waals surface area (Å²) in [6, 6.07) is 1.05. The van der Waals surface area contributed by atoms with Crippen LogP contribution >= 0.6 is 11.6 Å². The number of aliphatic hydroxyl groups is 2. The predicted molar refractivity (Wildman–Crippen MR) is 125 cm³/mol. The lowest BCUT2D eigenvalue weighted by Crippen LogP contribution is -2.57. The minimum Gasteiger partial charge on any atom is -0.394 e. The lowest BCUT2D eigenvalue weighted by molar-refractivity contribution is -0.212. The Morgan fingerprint density at radius 3 is 2.66 bits per heavy atom. The van der Waals surface area contributed by atoms with Crippen LogP contribution in [0.5, 0.6) is 0 Å². The van der Waals surface area contributed by atoms with Crippen molar-refractivity contribution in [2.45, 2.75) is 55.5 Å². The number of aliphatic hydroxyl groups excluding tert-OH is 2. The molecule has 2 N–H and O–H groups in total. The van der Waals surface area contributed by atoms with Gasteiger partial charge in [0.2, 0.25) is 0 Å². The van der Waals surface area contributed by atoms with Gasteiger partial charge in [-0.2, -0.15) is 0 Å². The molecule has 4 heterocycles. The first-order chi connectivity index (χ1) is 18.3. The molecule has 5 rings (SSSR count). The van der Waals surface area contributed by atoms with Gasteiger partial charge in [0, 0.05) is 31.9 Å². The number of nitrogens with zero attached hydrogens (tertiary/aromatic N) is 6. The van der Waals surface area contributed by atoms with E-state index in [9.17, 15) is 23.4 Å². The number of aromatic nitrogens is 6. The van der Waals surface area contributed by atoms with E-state index in [4.69, 9.17) is 25.8 Å². The van der Waals surface area contributed by atoms with Crippen LogP contribution in [-0.4, -0.2) is 97.7 Å². The highest BCUT2D eigenvalue weighted by molar-refractivity contribution is 6.30. The van der Waals surface area contributed by atoms with Crippen LogP contribution in [0.2, 0.25) is 5.02 Å². The third-order valence-corrected chi connectivity index (χ3v) is 7.21. The Morgan fingerprint density at radius 2 is 1.92 bits per heavy atom. The fraction of sp³-hybridized carbons (Fsp3) is 0.565. The molecule has 2 aromatic heterocycles. The van der Waals surface area contributed by atoms with Crippen molar-refractivity contribution in [3.63, 3.8) is 0 Å². The molecule has 2 aliphatic heterocycles. The van der Waals surface area contributed by atoms with Crippen molar-refractivity contribution in [2.75, 3.05) is 26.9 Å². The molecule has 0 unspecified atom stereocenters. The van der Waals surface area contributed by atoms with E-state index in [-0.39, 0.29) is 29.3 Å². The van der Waals surface area contributed by atoms with Gasteiger partial charge in [0.05, 0.1) is 42.3 Å². The smallest absolute Gasteiger partial charge is 0.178 e. The van der Waals surface area contributed by atoms with E-state index in [1.165, 1.54) is 34.8 Å². The number of hydrogen-bond acceptors (Lipinski definition) is 9. The third kappa shape index (κ3) is 5.03. The summed E-state index contributed by atoms with van der Waals surface area (Å²) in [5, 5.41) is 36.7. The Kier molecular flexibility index (Phi) is 7.98. The highest BCUT2D eigenvalue weighted by Crippen LogP contribution is 2.35. The lowest BCUT2D eigenvalue weighted by Gasteiger charge is -2.43. The van der Waals surface area contributed by atoms with E-state index in [2.05, 4.69) is 20.6 Å². The number of benzene rings is 1. The molecule has 0 bridgehead atoms. The standard InChI is InChI=1S/C23H26ClF3N6O5/c1-36-23-17(6-11-7-32(30-28-11)16-4-5-37-10-14(16)25)38-18(9-34)22(35)21(23)33-8-15(29-31-33)12-2-3-13(24)20(27)19(12)26/h2-3,7-8,14,16-18,21-23,34-35H,4-6,9-10H2,1H3/t14-,16-,17+,18+,21-,22-,23-/m0/s1. The van der Waals surface area contributed by atoms with E-state index in [0.717, 1.165) is 0 Å². The first kappa shape index (κ1) is 27.0. The lowest BCUT2D eigenvalue weighted by atomic mass is 9.90. The number of ether oxygens (including phenoxy) is 3. The van der Waals surface area contributed by atoms with Crippen molar-refractivity contribution in [3.8, 4) is 11.3 Å². The van der Waals surface area contributed by atoms with Crippen LogP contribution in [0.4, 0.5) is 13.2 Å². The van der Waals surface area contributed by atoms with Crippen LogP contribution < -0.4 is 0 Å². The number of methoxy groups -OCH3 is 1. The van der Waals surface area contributed by atoms with Crippen LogP contribution in [0.25, 0.3) is 11.3 Å². The van der Waals surface area contributed by atoms with Gasteiger partial charge in [-0.15, -0.1) is 10.2 Å². The topological polar surface area (TPSA) is 130 Å². The molecule has 7 atom stereocenters. The first-order valence-corrected chi connectivity index (χ1v) is 12.4. The summed E-state index contributed by atoms with van der Waals surface area (Å²) < 4.78 is 62.3. The molecule has 3 aromatic rings. The van der Waals surface area contributed by atoms with Crippen LogP contribution in [0, 0.1) is 11.6 Å². The zero-order valence-corrected chi connectivity index (χ0v) is 21.0. The minimum atomic E-state index is -1.28. The molecule has 2 saturated heterocycles. The molecule has 0 aliphatic carbocycles. The maximum absolute atomic E-state index is 14.5. The second-order valence-corrected chi connectivity index (χ2v) is 9.63. The summed E-state index contributed by atoms with van der Waals surface area (Å²) in [5.74, 6) is -2.40. The SMILES string of the molecule is CO[C@@H]1[C@@H](n2cc(-c3ccc(Cl)c(F)c3F)nn2)[C@@H](O)[C@@H](CO)O[C@@H]1Cc1cn([C@H]2CCOC[C@@H]2F)nn1. The first-order valence-electron chi connectivity index (χ1n) is 12.0. The Morgan fingerprint density at radius 1 is 1.13 bits per heavy atom. The van der Waals surface area contributed by atoms with Gasteiger partial charge in [0.25, 0.3) is 0 Å². The van der Waals surface area contributed by atoms with Crippen molar-refractivity contribution in [1.29, 1.82) is 0 Å². The Labute approximate surface area is 220 Å². The molecular formula is C23H26ClF3N6O5. The molecule has 11 nitrogen and oxygen atoms in total. The summed E-state index contributed by atoms with van der Waals surface area (Å²) in [4.78, 5) is 0. The van der Waals surface area contributed by atoms with Gasteiger partial charge in [0.15, 0.2) is 11.6 Å². The molecule has 206 valence electrons. The van der Waals surface area contributed by atoms with Crippen molar-refractivity contribution in [3.05, 3.63) is 46.9 Å². The maximum Gasteiger partial charge on any atom is 0.178 e. The average Bonchev–Trinajstić information content (AvgIpc) is 3.58. The molecule has 1 aromatic carbocycles. The van der Waals surface area contributed by atoms with Crippen molar-refractivity contribution >= 4 is 11.6 Å². The summed E-state index contributed by atoms with van der Waals surface area (Å²) in [6.45, 7) is -0.106. The highest BCUT2D eigenvalue weighted by Gasteiger charge is 2.47. The zero-order valence-electron chi connectivity index (χ0n) is 20.2. The number of alkyl halides is 1. The largest absolute Gasteiger partial charge is 0.394 e. The Bertz CT molecular complexity index is 1260. The van der Waals surface area contributed by atoms with Crippen LogP contribution in [0.1, 0.15) is 24.2 Å². The summed E-state index contributed by atoms with van der Waals surface area (Å²) in [5.41, 5.74) is 0.323. The second-order valence-electron chi connectivity index (χ2n) is 9.22. The molecule has 0 spiro atoms. The van der Waals surface area contributed by atoms with Gasteiger partial charge in [0.1, 0.15) is 36.2 Å². The van der Waals surface area contributed by atoms with Gasteiger partial charge in [-0.3, -0.25) is 0 Å². The van der Waals surface area contributed by atoms with Gasteiger partial charge in [-0.25, -0.2) is 22.5 Å². The van der Waals surface area contributed by atoms with Crippen molar-refractivity contribution in [2.24, 2.45) is 0 Å². The van der Waals surface area contributed by atoms with Gasteiger partial charge >= 0.3 is 0 Å². The molecule has 0 saturated carbocycles. The molecule has 0 radical (unpaired) electrons. The van der Waals surface area contributed by atoms with Crippen LogP contribution in [-0.2, 0) is 20.6 Å². The van der Waals surface area contributed by atoms with Gasteiger partial charge < -0.3 is 24.4 Å². The van der Waals surface area contributed by atoms with Crippen LogP contribution in [0.3, 0.4) is 0 Å². The monoisotopic (exact) mass is 558 g/mol. The maximum atomic E-state index is 14.5. The molecule has 2 fully saturated rings. The number of halogens is 4. The fourth-order valence-electron chi connectivity index (χ4n) is 4.96. The quantitative estimate of drug-likeness (QED) is 0.416. The normalized spacial score (nSPS) is 30.0. The third-order valence-electron chi connectivity index (χ3n) is 6.92. The summed E-state index contributed by atoms with van der Waals surface area (Å²) in [7, 11) is 1.42. The highest BCUT2D eigenvalue weighted by atomic mass is 35.5. The number of rotatable bonds is 7. The van der Waals surface area contributed by atoms with E-state index in [1.54, 1.807) is 6.20 Å². The predicted octanol–water partition coefficient (Wildman–Crippen LogP) is 1.69. The second kappa shape index (κ2) is 11.2. The number of hydrogen-bond donors (Lipinski definition) is 2. The molecule has 2 aliphatic rings. The van der Waals surface area contributed by atoms with Crippen LogP contribution in [0.15, 0.2) is 24.5 Å². The molecular weight excluding hydrogens is 533 g/mol. The van der Waals surface area contributed by atoms with Crippen molar-refractivity contribution in [1.82, 2.24) is 30.0 Å². The average molecular weight is 559 g/mol. The van der Waals surface area contributed by atoms with E-state index < -0.39 is 60.9 Å². The van der Waals surface area contributed by atoms with E-state index in [1.807, 2.05) is 0 Å². The minimum absolute atomic E-state index is 0.00360. The summed E-state index contributed by atoms with van der Waals surface area (Å²) >= 11 is 5.65. The fourth-order valence-corrected chi connectivity index (χ4v) is 5.11. The molecule has 15 heteroatoms.